The van der Waals surface area contributed by atoms with Gasteiger partial charge >= 0.3 is 5.97 Å². The van der Waals surface area contributed by atoms with E-state index in [1.807, 2.05) is 0 Å². The molecule has 0 fully saturated rings. The molecule has 0 atom stereocenters. The van der Waals surface area contributed by atoms with Crippen LogP contribution in [0, 0.1) is 0 Å². The zero-order chi connectivity index (χ0) is 11.2. The molecule has 2 nitrogen and oxygen atoms in total. The maximum atomic E-state index is 11.0. The van der Waals surface area contributed by atoms with Crippen molar-refractivity contribution in [1.29, 1.82) is 0 Å². The Kier molecular flexibility index (Phi) is 6.12. The highest BCUT2D eigenvalue weighted by Crippen LogP contribution is 2.17. The zero-order valence-electron chi connectivity index (χ0n) is 9.23. The molecule has 0 aromatic rings. The molecule has 0 saturated carbocycles. The number of carbonyl (C=O) groups excluding carboxylic acids is 1. The minimum atomic E-state index is -1.44. The van der Waals surface area contributed by atoms with Gasteiger partial charge in [0.15, 0.2) is 0 Å². The highest BCUT2D eigenvalue weighted by atomic mass is 35.6. The smallest absolute Gasteiger partial charge is 0.333 e. The molecule has 0 aromatic heterocycles. The first-order valence-electron chi connectivity index (χ1n) is 4.84. The van der Waals surface area contributed by atoms with E-state index in [2.05, 4.69) is 19.7 Å². The first kappa shape index (κ1) is 13.7. The third-order valence-corrected chi connectivity index (χ3v) is 3.86. The Hall–Kier alpha value is -0.283. The van der Waals surface area contributed by atoms with E-state index in [0.29, 0.717) is 12.2 Å². The normalized spacial score (nSPS) is 11.1. The highest BCUT2D eigenvalue weighted by molar-refractivity contribution is 7.19. The van der Waals surface area contributed by atoms with Crippen LogP contribution in [0.4, 0.5) is 0 Å². The van der Waals surface area contributed by atoms with Crippen molar-refractivity contribution in [1.82, 2.24) is 0 Å². The second-order valence-corrected chi connectivity index (χ2v) is 11.1. The molecular weight excluding hydrogens is 216 g/mol. The van der Waals surface area contributed by atoms with Crippen LogP contribution in [-0.2, 0) is 9.53 Å². The van der Waals surface area contributed by atoms with Gasteiger partial charge in [0.1, 0.15) is 7.38 Å². The fraction of sp³-hybridized carbons (Fsp3) is 0.700. The van der Waals surface area contributed by atoms with Gasteiger partial charge in [-0.3, -0.25) is 0 Å². The van der Waals surface area contributed by atoms with Gasteiger partial charge in [-0.05, 0) is 19.4 Å². The van der Waals surface area contributed by atoms with Gasteiger partial charge < -0.3 is 4.74 Å². The summed E-state index contributed by atoms with van der Waals surface area (Å²) in [6.45, 7) is 9.87. The average Bonchev–Trinajstić information content (AvgIpc) is 2.01. The van der Waals surface area contributed by atoms with Crippen LogP contribution in [0.25, 0.3) is 0 Å². The summed E-state index contributed by atoms with van der Waals surface area (Å²) in [4.78, 5) is 11.0. The molecule has 14 heavy (non-hydrogen) atoms. The van der Waals surface area contributed by atoms with Crippen molar-refractivity contribution in [2.24, 2.45) is 0 Å². The van der Waals surface area contributed by atoms with Gasteiger partial charge in [-0.25, -0.2) is 4.79 Å². The van der Waals surface area contributed by atoms with Gasteiger partial charge in [0.2, 0.25) is 0 Å². The summed E-state index contributed by atoms with van der Waals surface area (Å²) in [7, 11) is -1.44. The molecule has 0 bridgehead atoms. The summed E-state index contributed by atoms with van der Waals surface area (Å²) in [5.74, 6) is -0.299. The Morgan fingerprint density at radius 2 is 2.00 bits per heavy atom. The van der Waals surface area contributed by atoms with Gasteiger partial charge in [0.05, 0.1) is 6.61 Å². The number of hydrogen-bond donors (Lipinski definition) is 0. The molecule has 0 radical (unpaired) electrons. The maximum absolute atomic E-state index is 11.0. The van der Waals surface area contributed by atoms with Crippen molar-refractivity contribution in [3.8, 4) is 0 Å². The number of ether oxygens (including phenoxy) is 1. The van der Waals surface area contributed by atoms with E-state index in [1.165, 1.54) is 0 Å². The van der Waals surface area contributed by atoms with Crippen LogP contribution in [-0.4, -0.2) is 20.0 Å². The van der Waals surface area contributed by atoms with Crippen molar-refractivity contribution >= 4 is 24.4 Å². The minimum Gasteiger partial charge on any atom is -0.462 e. The van der Waals surface area contributed by atoms with E-state index in [4.69, 9.17) is 15.8 Å². The largest absolute Gasteiger partial charge is 0.462 e. The number of halogens is 1. The third-order valence-electron chi connectivity index (χ3n) is 1.75. The predicted octanol–water partition coefficient (Wildman–Crippen LogP) is 3.33. The monoisotopic (exact) mass is 234 g/mol. The second-order valence-electron chi connectivity index (χ2n) is 4.09. The van der Waals surface area contributed by atoms with Gasteiger partial charge in [0, 0.05) is 5.57 Å². The Morgan fingerprint density at radius 3 is 2.43 bits per heavy atom. The molecule has 4 heteroatoms. The molecule has 0 aromatic carbocycles. The summed E-state index contributed by atoms with van der Waals surface area (Å²) in [6, 6.07) is 1.07. The van der Waals surface area contributed by atoms with Crippen LogP contribution < -0.4 is 0 Å². The van der Waals surface area contributed by atoms with Crippen LogP contribution in [0.5, 0.6) is 0 Å². The van der Waals surface area contributed by atoms with E-state index in [-0.39, 0.29) is 5.97 Å². The zero-order valence-corrected chi connectivity index (χ0v) is 11.0. The summed E-state index contributed by atoms with van der Waals surface area (Å²) in [5.41, 5.74) is 0.456. The van der Waals surface area contributed by atoms with E-state index in [0.717, 1.165) is 18.9 Å². The molecule has 0 rings (SSSR count). The number of esters is 1. The fourth-order valence-corrected chi connectivity index (χ4v) is 2.43. The molecular formula is C10H19ClO2Si. The van der Waals surface area contributed by atoms with Crippen molar-refractivity contribution < 1.29 is 9.53 Å². The Labute approximate surface area is 92.0 Å². The van der Waals surface area contributed by atoms with Crippen LogP contribution >= 0.6 is 11.1 Å². The van der Waals surface area contributed by atoms with Gasteiger partial charge in [-0.15, -0.1) is 0 Å². The summed E-state index contributed by atoms with van der Waals surface area (Å²) < 4.78 is 4.95. The lowest BCUT2D eigenvalue weighted by molar-refractivity contribution is -0.139. The van der Waals surface area contributed by atoms with Crippen molar-refractivity contribution in [3.05, 3.63) is 12.2 Å². The Bertz CT molecular complexity index is 209. The van der Waals surface area contributed by atoms with Gasteiger partial charge in [-0.1, -0.05) is 26.1 Å². The fourth-order valence-electron chi connectivity index (χ4n) is 0.935. The van der Waals surface area contributed by atoms with Crippen molar-refractivity contribution in [3.63, 3.8) is 0 Å². The molecule has 0 aliphatic carbocycles. The molecule has 0 amide bonds. The summed E-state index contributed by atoms with van der Waals surface area (Å²) in [5, 5.41) is 0. The Balaban J connectivity index is 3.39. The molecule has 0 saturated heterocycles. The number of carbonyl (C=O) groups is 1. The number of unbranched alkanes of at least 4 members (excludes halogenated alkanes) is 1. The Morgan fingerprint density at radius 1 is 1.43 bits per heavy atom. The SMILES string of the molecule is C=C(C)C(=O)OCCCC[Si](C)(C)Cl. The molecule has 0 heterocycles. The average molecular weight is 235 g/mol. The number of rotatable bonds is 6. The van der Waals surface area contributed by atoms with Crippen LogP contribution in [0.3, 0.4) is 0 Å². The van der Waals surface area contributed by atoms with Crippen LogP contribution in [0.2, 0.25) is 19.1 Å². The molecule has 0 spiro atoms. The lowest BCUT2D eigenvalue weighted by atomic mass is 10.3. The van der Waals surface area contributed by atoms with Crippen molar-refractivity contribution in [2.45, 2.75) is 38.9 Å². The summed E-state index contributed by atoms with van der Waals surface area (Å²) in [6.07, 6.45) is 1.92. The van der Waals surface area contributed by atoms with Gasteiger partial charge in [0.25, 0.3) is 0 Å². The van der Waals surface area contributed by atoms with Gasteiger partial charge in [-0.2, -0.15) is 11.1 Å². The quantitative estimate of drug-likeness (QED) is 0.232. The standard InChI is InChI=1S/C10H19ClO2Si/c1-9(2)10(12)13-7-5-6-8-14(3,4)11/h1,5-8H2,2-4H3. The third kappa shape index (κ3) is 8.32. The van der Waals surface area contributed by atoms with Crippen molar-refractivity contribution in [2.75, 3.05) is 6.61 Å². The van der Waals surface area contributed by atoms with E-state index in [1.54, 1.807) is 6.92 Å². The highest BCUT2D eigenvalue weighted by Gasteiger charge is 2.15. The van der Waals surface area contributed by atoms with Crippen LogP contribution in [0.15, 0.2) is 12.2 Å². The van der Waals surface area contributed by atoms with E-state index in [9.17, 15) is 4.79 Å². The second kappa shape index (κ2) is 6.25. The molecule has 0 aliphatic rings. The molecule has 0 aliphatic heterocycles. The van der Waals surface area contributed by atoms with Crippen LogP contribution in [0.1, 0.15) is 19.8 Å². The first-order valence-corrected chi connectivity index (χ1v) is 9.06. The lowest BCUT2D eigenvalue weighted by Crippen LogP contribution is -2.15. The minimum absolute atomic E-state index is 0.299. The lowest BCUT2D eigenvalue weighted by Gasteiger charge is -2.11. The molecule has 0 N–H and O–H groups in total. The maximum Gasteiger partial charge on any atom is 0.333 e. The number of hydrogen-bond acceptors (Lipinski definition) is 2. The molecule has 82 valence electrons. The first-order chi connectivity index (χ1) is 6.33. The topological polar surface area (TPSA) is 26.3 Å². The molecule has 0 unspecified atom stereocenters. The van der Waals surface area contributed by atoms with E-state index < -0.39 is 7.38 Å². The van der Waals surface area contributed by atoms with E-state index >= 15 is 0 Å². The predicted molar refractivity (Wildman–Crippen MR) is 63.1 cm³/mol. The summed E-state index contributed by atoms with van der Waals surface area (Å²) >= 11 is 6.14.